The summed E-state index contributed by atoms with van der Waals surface area (Å²) in [6.45, 7) is 0. The van der Waals surface area contributed by atoms with Crippen LogP contribution in [-0.4, -0.2) is 5.75 Å². The second kappa shape index (κ2) is 3.87. The first-order valence-corrected chi connectivity index (χ1v) is 3.59. The molecular weight excluding hydrogens is 142 g/mol. The van der Waals surface area contributed by atoms with Crippen molar-refractivity contribution in [2.75, 3.05) is 5.75 Å². The first-order valence-electron chi connectivity index (χ1n) is 2.14. The predicted molar refractivity (Wildman–Crippen MR) is 40.5 cm³/mol. The summed E-state index contributed by atoms with van der Waals surface area (Å²) >= 11 is 0. The zero-order valence-electron chi connectivity index (χ0n) is 4.33. The summed E-state index contributed by atoms with van der Waals surface area (Å²) in [5.74, 6) is 0.913. The average Bonchev–Trinajstić information content (AvgIpc) is 1.69. The molecule has 1 nitrogen and oxygen atoms in total. The molecule has 0 aromatic rings. The van der Waals surface area contributed by atoms with Crippen molar-refractivity contribution >= 4 is 23.1 Å². The minimum atomic E-state index is -0.208. The van der Waals surface area contributed by atoms with Gasteiger partial charge in [0.2, 0.25) is 0 Å². The highest BCUT2D eigenvalue weighted by Crippen LogP contribution is 1.94. The second-order valence-electron chi connectivity index (χ2n) is 1.35. The Morgan fingerprint density at radius 2 is 2.12 bits per heavy atom. The zero-order valence-corrected chi connectivity index (χ0v) is 5.97. The van der Waals surface area contributed by atoms with Crippen LogP contribution in [0.2, 0.25) is 0 Å². The molecule has 1 rings (SSSR count). The summed E-state index contributed by atoms with van der Waals surface area (Å²) in [7, 11) is -0.208. The Bertz CT molecular complexity index is 139. The lowest BCUT2D eigenvalue weighted by Gasteiger charge is -1.94. The van der Waals surface area contributed by atoms with Crippen LogP contribution in [0.1, 0.15) is 0 Å². The van der Waals surface area contributed by atoms with E-state index >= 15 is 0 Å². The smallest absolute Gasteiger partial charge is 0.0261 e. The third-order valence-electron chi connectivity index (χ3n) is 0.766. The molecule has 0 saturated heterocycles. The summed E-state index contributed by atoms with van der Waals surface area (Å²) < 4.78 is 7.16. The van der Waals surface area contributed by atoms with Gasteiger partial charge in [-0.05, 0) is 5.41 Å². The number of hydrogen-bond acceptors (Lipinski definition) is 1. The molecule has 1 heterocycles. The van der Waals surface area contributed by atoms with E-state index in [1.807, 2.05) is 23.6 Å². The minimum absolute atomic E-state index is 0. The van der Waals surface area contributed by atoms with Crippen LogP contribution in [-0.2, 0) is 10.7 Å². The minimum Gasteiger partial charge on any atom is -0.276 e. The third-order valence-corrected chi connectivity index (χ3v) is 1.80. The molecule has 0 bridgehead atoms. The topological polar surface area (TPSA) is 23.9 Å². The molecule has 0 aliphatic carbocycles. The van der Waals surface area contributed by atoms with Gasteiger partial charge >= 0.3 is 0 Å². The summed E-state index contributed by atoms with van der Waals surface area (Å²) in [4.78, 5) is 0. The van der Waals surface area contributed by atoms with Crippen molar-refractivity contribution in [3.63, 3.8) is 0 Å². The van der Waals surface area contributed by atoms with Gasteiger partial charge in [-0.25, -0.2) is 0 Å². The molecule has 8 heavy (non-hydrogen) atoms. The van der Waals surface area contributed by atoms with Crippen LogP contribution in [0.4, 0.5) is 0 Å². The van der Waals surface area contributed by atoms with Gasteiger partial charge in [0, 0.05) is 5.75 Å². The fourth-order valence-electron chi connectivity index (χ4n) is 0.434. The normalized spacial score (nSPS) is 24.8. The Balaban J connectivity index is 0.000000490. The van der Waals surface area contributed by atoms with Gasteiger partial charge in [-0.15, -0.1) is 12.4 Å². The van der Waals surface area contributed by atoms with Crippen LogP contribution < -0.4 is 0 Å². The predicted octanol–water partition coefficient (Wildman–Crippen LogP) is 1.87. The zero-order chi connectivity index (χ0) is 5.11. The van der Waals surface area contributed by atoms with E-state index in [2.05, 4.69) is 0 Å². The van der Waals surface area contributed by atoms with Gasteiger partial charge in [-0.2, -0.15) is 0 Å². The van der Waals surface area contributed by atoms with E-state index < -0.39 is 0 Å². The van der Waals surface area contributed by atoms with E-state index in [0.717, 1.165) is 5.75 Å². The van der Waals surface area contributed by atoms with Crippen LogP contribution in [0.25, 0.3) is 0 Å². The van der Waals surface area contributed by atoms with E-state index in [4.69, 9.17) is 4.78 Å². The molecule has 0 aromatic carbocycles. The molecule has 1 unspecified atom stereocenters. The monoisotopic (exact) mass is 149 g/mol. The summed E-state index contributed by atoms with van der Waals surface area (Å²) in [5, 5.41) is 1.92. The Morgan fingerprint density at radius 3 is 2.38 bits per heavy atom. The van der Waals surface area contributed by atoms with Gasteiger partial charge < -0.3 is 0 Å². The van der Waals surface area contributed by atoms with Gasteiger partial charge in [0.25, 0.3) is 0 Å². The van der Waals surface area contributed by atoms with Gasteiger partial charge in [0.15, 0.2) is 0 Å². The maximum Gasteiger partial charge on any atom is 0.0261 e. The van der Waals surface area contributed by atoms with Crippen molar-refractivity contribution < 1.29 is 0 Å². The highest BCUT2D eigenvalue weighted by atomic mass is 35.5. The van der Waals surface area contributed by atoms with Crippen molar-refractivity contribution in [3.8, 4) is 0 Å². The largest absolute Gasteiger partial charge is 0.276 e. The van der Waals surface area contributed by atoms with Crippen LogP contribution >= 0.6 is 12.4 Å². The molecule has 0 aromatic heterocycles. The van der Waals surface area contributed by atoms with Crippen LogP contribution in [0.5, 0.6) is 0 Å². The molecule has 1 N–H and O–H groups in total. The second-order valence-corrected chi connectivity index (χ2v) is 2.82. The molecule has 1 aliphatic rings. The molecule has 0 amide bonds. The number of hydrogen-bond donors (Lipinski definition) is 1. The maximum absolute atomic E-state index is 7.16. The van der Waals surface area contributed by atoms with Crippen molar-refractivity contribution in [1.29, 1.82) is 4.78 Å². The van der Waals surface area contributed by atoms with E-state index in [1.54, 1.807) is 0 Å². The molecule has 1 aliphatic heterocycles. The molecule has 1 atom stereocenters. The highest BCUT2D eigenvalue weighted by Gasteiger charge is 1.85. The summed E-state index contributed by atoms with van der Waals surface area (Å²) in [6.07, 6.45) is 5.94. The Hall–Kier alpha value is -0.0800. The number of nitrogens with one attached hydrogen (secondary N) is 1. The quantitative estimate of drug-likeness (QED) is 0.544. The van der Waals surface area contributed by atoms with Crippen molar-refractivity contribution in [1.82, 2.24) is 0 Å². The number of rotatable bonds is 0. The van der Waals surface area contributed by atoms with Crippen molar-refractivity contribution in [2.24, 2.45) is 0 Å². The molecule has 0 saturated carbocycles. The number of halogens is 1. The lowest BCUT2D eigenvalue weighted by molar-refractivity contribution is 1.59. The standard InChI is InChI=1S/C5H7NS.ClH/c6-7-4-2-1-3-5-7;/h1-4,6H,5H2;1H. The van der Waals surface area contributed by atoms with E-state index in [-0.39, 0.29) is 23.1 Å². The fraction of sp³-hybridized carbons (Fsp3) is 0.200. The summed E-state index contributed by atoms with van der Waals surface area (Å²) in [6, 6.07) is 0. The Morgan fingerprint density at radius 1 is 1.38 bits per heavy atom. The van der Waals surface area contributed by atoms with Crippen LogP contribution in [0.15, 0.2) is 23.6 Å². The first-order chi connectivity index (χ1) is 3.39. The fourth-order valence-corrected chi connectivity index (χ4v) is 1.14. The van der Waals surface area contributed by atoms with Gasteiger partial charge in [0.05, 0.1) is 0 Å². The van der Waals surface area contributed by atoms with Crippen molar-refractivity contribution in [3.05, 3.63) is 23.6 Å². The molecule has 3 heteroatoms. The van der Waals surface area contributed by atoms with Gasteiger partial charge in [-0.1, -0.05) is 28.9 Å². The molecule has 46 valence electrons. The first kappa shape index (κ1) is 7.92. The van der Waals surface area contributed by atoms with Crippen LogP contribution in [0, 0.1) is 4.78 Å². The van der Waals surface area contributed by atoms with Crippen molar-refractivity contribution in [2.45, 2.75) is 0 Å². The van der Waals surface area contributed by atoms with Gasteiger partial charge in [-0.3, -0.25) is 4.78 Å². The van der Waals surface area contributed by atoms with Gasteiger partial charge in [0.1, 0.15) is 0 Å². The lowest BCUT2D eigenvalue weighted by Crippen LogP contribution is -1.88. The maximum atomic E-state index is 7.16. The Kier molecular flexibility index (Phi) is 3.83. The molecule has 0 spiro atoms. The lowest BCUT2D eigenvalue weighted by atomic mass is 10.5. The summed E-state index contributed by atoms with van der Waals surface area (Å²) in [5.41, 5.74) is 0. The number of allylic oxidation sites excluding steroid dienone is 2. The third kappa shape index (κ3) is 2.28. The average molecular weight is 150 g/mol. The molecule has 0 fully saturated rings. The van der Waals surface area contributed by atoms with Crippen LogP contribution in [0.3, 0.4) is 0 Å². The molecular formula is C5H8ClNS. The highest BCUT2D eigenvalue weighted by molar-refractivity contribution is 7.89. The van der Waals surface area contributed by atoms with E-state index in [0.29, 0.717) is 0 Å². The molecule has 0 radical (unpaired) electrons. The van der Waals surface area contributed by atoms with E-state index in [9.17, 15) is 0 Å². The SMILES string of the molecule is Cl.N=S1C=CC=CC1. The van der Waals surface area contributed by atoms with E-state index in [1.165, 1.54) is 0 Å². The Labute approximate surface area is 57.8 Å².